The van der Waals surface area contributed by atoms with E-state index < -0.39 is 11.7 Å². The van der Waals surface area contributed by atoms with Crippen molar-refractivity contribution in [3.8, 4) is 0 Å². The van der Waals surface area contributed by atoms with Crippen LogP contribution in [0.3, 0.4) is 0 Å². The number of ether oxygens (including phenoxy) is 1. The molecule has 0 unspecified atom stereocenters. The van der Waals surface area contributed by atoms with Gasteiger partial charge in [0.1, 0.15) is 15.1 Å². The van der Waals surface area contributed by atoms with Crippen LogP contribution in [-0.2, 0) is 34.5 Å². The maximum atomic E-state index is 13.8. The molecule has 2 aromatic carbocycles. The van der Waals surface area contributed by atoms with Gasteiger partial charge in [-0.25, -0.2) is 14.2 Å². The van der Waals surface area contributed by atoms with Crippen LogP contribution in [0.4, 0.5) is 14.9 Å². The van der Waals surface area contributed by atoms with Gasteiger partial charge in [0.2, 0.25) is 5.91 Å². The van der Waals surface area contributed by atoms with Crippen molar-refractivity contribution in [2.45, 2.75) is 53.3 Å². The van der Waals surface area contributed by atoms with E-state index in [9.17, 15) is 18.8 Å². The first-order chi connectivity index (χ1) is 20.7. The Morgan fingerprint density at radius 3 is 2.50 bits per heavy atom. The van der Waals surface area contributed by atoms with Crippen LogP contribution >= 0.6 is 22.6 Å². The predicted molar refractivity (Wildman–Crippen MR) is 175 cm³/mol. The average Bonchev–Trinajstić information content (AvgIpc) is 3.47. The Hall–Kier alpha value is -3.46. The van der Waals surface area contributed by atoms with E-state index in [-0.39, 0.29) is 43.8 Å². The predicted octanol–water partition coefficient (Wildman–Crippen LogP) is 4.19. The molecule has 44 heavy (non-hydrogen) atoms. The van der Waals surface area contributed by atoms with Crippen LogP contribution in [0.15, 0.2) is 30.3 Å². The summed E-state index contributed by atoms with van der Waals surface area (Å²) < 4.78 is 21.9. The molecule has 0 radical (unpaired) electrons. The fraction of sp³-hybridized carbons (Fsp3) is 0.484. The Balaban J connectivity index is 1.49. The monoisotopic (exact) mass is 721 g/mol. The molecule has 0 fully saturated rings. The Morgan fingerprint density at radius 2 is 1.82 bits per heavy atom. The van der Waals surface area contributed by atoms with Gasteiger partial charge in [-0.3, -0.25) is 19.3 Å². The van der Waals surface area contributed by atoms with Crippen LogP contribution in [0.5, 0.6) is 0 Å². The molecule has 3 aromatic rings. The molecule has 0 aliphatic carbocycles. The molecule has 1 aliphatic heterocycles. The van der Waals surface area contributed by atoms with Crippen molar-refractivity contribution in [2.24, 2.45) is 7.05 Å². The van der Waals surface area contributed by atoms with Crippen LogP contribution in [0.2, 0.25) is 0 Å². The molecule has 238 valence electrons. The maximum Gasteiger partial charge on any atom is 0.410 e. The number of hydrazine groups is 1. The molecule has 11 nitrogen and oxygen atoms in total. The lowest BCUT2D eigenvalue weighted by Gasteiger charge is -2.32. The topological polar surface area (TPSA) is 103 Å². The standard InChI is InChI=1S/C31H41FIN7O4/c1-8-38(30(43)44-31(3,4)5)12-11-34-27(41)18-39(25-15-24-26(13-20(25)2)36(6)35-29(24)33)19-28(42)37(7)40-16-21-9-10-23(32)14-22(21)17-40/h9-10,13-15H,8,11-12,16-19H2,1-7H3,(H,34,41). The lowest BCUT2D eigenvalue weighted by Crippen LogP contribution is -2.48. The van der Waals surface area contributed by atoms with Crippen LogP contribution in [0, 0.1) is 16.4 Å². The smallest absolute Gasteiger partial charge is 0.410 e. The number of hydrogen-bond acceptors (Lipinski definition) is 7. The minimum absolute atomic E-state index is 0.0622. The minimum Gasteiger partial charge on any atom is -0.444 e. The third-order valence-electron chi connectivity index (χ3n) is 7.52. The van der Waals surface area contributed by atoms with Gasteiger partial charge >= 0.3 is 6.09 Å². The van der Waals surface area contributed by atoms with E-state index in [4.69, 9.17) is 4.74 Å². The molecule has 4 rings (SSSR count). The first kappa shape index (κ1) is 33.4. The van der Waals surface area contributed by atoms with E-state index in [0.717, 1.165) is 37.0 Å². The molecular weight excluding hydrogens is 680 g/mol. The summed E-state index contributed by atoms with van der Waals surface area (Å²) in [6.07, 6.45) is -0.439. The number of carbonyl (C=O) groups is 3. The lowest BCUT2D eigenvalue weighted by molar-refractivity contribution is -0.145. The number of nitrogens with zero attached hydrogens (tertiary/aromatic N) is 6. The Bertz CT molecular complexity index is 1550. The average molecular weight is 722 g/mol. The molecule has 0 bridgehead atoms. The van der Waals surface area contributed by atoms with Crippen molar-refractivity contribution in [1.29, 1.82) is 0 Å². The second kappa shape index (κ2) is 13.7. The van der Waals surface area contributed by atoms with Gasteiger partial charge in [0.05, 0.1) is 18.6 Å². The van der Waals surface area contributed by atoms with E-state index in [2.05, 4.69) is 33.0 Å². The normalized spacial score (nSPS) is 13.1. The number of amides is 3. The summed E-state index contributed by atoms with van der Waals surface area (Å²) in [5, 5.41) is 11.7. The summed E-state index contributed by atoms with van der Waals surface area (Å²) in [6, 6.07) is 8.65. The number of nitrogens with one attached hydrogen (secondary N) is 1. The zero-order valence-electron chi connectivity index (χ0n) is 26.4. The molecular formula is C31H41FIN7O4. The van der Waals surface area contributed by atoms with Gasteiger partial charge in [0.15, 0.2) is 0 Å². The van der Waals surface area contributed by atoms with E-state index in [1.165, 1.54) is 17.0 Å². The van der Waals surface area contributed by atoms with Crippen molar-refractivity contribution < 1.29 is 23.5 Å². The minimum atomic E-state index is -0.618. The summed E-state index contributed by atoms with van der Waals surface area (Å²) in [4.78, 5) is 42.7. The summed E-state index contributed by atoms with van der Waals surface area (Å²) in [7, 11) is 3.57. The van der Waals surface area contributed by atoms with Gasteiger partial charge in [-0.15, -0.1) is 0 Å². The van der Waals surface area contributed by atoms with E-state index >= 15 is 0 Å². The highest BCUT2D eigenvalue weighted by Gasteiger charge is 2.28. The quantitative estimate of drug-likeness (QED) is 0.314. The third kappa shape index (κ3) is 7.97. The van der Waals surface area contributed by atoms with Crippen molar-refractivity contribution in [1.82, 2.24) is 30.0 Å². The lowest BCUT2D eigenvalue weighted by atomic mass is 10.1. The summed E-state index contributed by atoms with van der Waals surface area (Å²) >= 11 is 2.18. The van der Waals surface area contributed by atoms with Crippen LogP contribution in [0.25, 0.3) is 10.9 Å². The van der Waals surface area contributed by atoms with Crippen molar-refractivity contribution >= 4 is 57.1 Å². The maximum absolute atomic E-state index is 13.8. The van der Waals surface area contributed by atoms with Gasteiger partial charge in [-0.2, -0.15) is 5.10 Å². The highest BCUT2D eigenvalue weighted by atomic mass is 127. The first-order valence-corrected chi connectivity index (χ1v) is 15.7. The summed E-state index contributed by atoms with van der Waals surface area (Å²) in [5.74, 6) is -0.806. The molecule has 0 spiro atoms. The van der Waals surface area contributed by atoms with Crippen molar-refractivity contribution in [3.63, 3.8) is 0 Å². The van der Waals surface area contributed by atoms with Crippen LogP contribution in [-0.4, -0.2) is 88.0 Å². The number of anilines is 1. The number of halogens is 2. The Morgan fingerprint density at radius 1 is 1.11 bits per heavy atom. The van der Waals surface area contributed by atoms with Gasteiger partial charge in [0, 0.05) is 57.9 Å². The molecule has 0 saturated heterocycles. The Kier molecular flexibility index (Phi) is 10.4. The summed E-state index contributed by atoms with van der Waals surface area (Å²) in [5.41, 5.74) is 3.80. The van der Waals surface area contributed by atoms with Gasteiger partial charge < -0.3 is 19.9 Å². The van der Waals surface area contributed by atoms with Gasteiger partial charge in [-0.05, 0) is 98.2 Å². The number of likely N-dealkylation sites (N-methyl/N-ethyl adjacent to an activating group) is 2. The summed E-state index contributed by atoms with van der Waals surface area (Å²) in [6.45, 7) is 10.9. The molecule has 13 heteroatoms. The van der Waals surface area contributed by atoms with Crippen molar-refractivity contribution in [3.05, 3.63) is 56.5 Å². The van der Waals surface area contributed by atoms with E-state index in [1.54, 1.807) is 23.0 Å². The number of aromatic nitrogens is 2. The number of aryl methyl sites for hydroxylation is 2. The number of hydrogen-bond donors (Lipinski definition) is 1. The number of rotatable bonds is 10. The molecule has 0 saturated carbocycles. The van der Waals surface area contributed by atoms with Crippen molar-refractivity contribution in [2.75, 3.05) is 44.7 Å². The molecule has 2 heterocycles. The second-order valence-corrected chi connectivity index (χ2v) is 13.0. The first-order valence-electron chi connectivity index (χ1n) is 14.6. The third-order valence-corrected chi connectivity index (χ3v) is 8.32. The molecule has 1 aromatic heterocycles. The highest BCUT2D eigenvalue weighted by Crippen LogP contribution is 2.30. The zero-order chi connectivity index (χ0) is 32.3. The van der Waals surface area contributed by atoms with E-state index in [1.807, 2.05) is 63.5 Å². The SMILES string of the molecule is CCN(CCNC(=O)CN(CC(=O)N(C)N1Cc2ccc(F)cc2C1)c1cc2c(I)nn(C)c2cc1C)C(=O)OC(C)(C)C. The van der Waals surface area contributed by atoms with Crippen LogP contribution < -0.4 is 10.2 Å². The zero-order valence-corrected chi connectivity index (χ0v) is 28.6. The van der Waals surface area contributed by atoms with Gasteiger partial charge in [0.25, 0.3) is 5.91 Å². The Labute approximate surface area is 271 Å². The van der Waals surface area contributed by atoms with Crippen LogP contribution in [0.1, 0.15) is 44.4 Å². The fourth-order valence-electron chi connectivity index (χ4n) is 5.17. The number of benzene rings is 2. The number of fused-ring (bicyclic) bond motifs is 2. The van der Waals surface area contributed by atoms with Gasteiger partial charge in [-0.1, -0.05) is 6.07 Å². The molecule has 0 atom stereocenters. The fourth-order valence-corrected chi connectivity index (χ4v) is 5.92. The second-order valence-electron chi connectivity index (χ2n) is 12.0. The molecule has 3 amide bonds. The molecule has 1 aliphatic rings. The van der Waals surface area contributed by atoms with E-state index in [0.29, 0.717) is 19.6 Å². The molecule has 1 N–H and O–H groups in total. The largest absolute Gasteiger partial charge is 0.444 e. The highest BCUT2D eigenvalue weighted by molar-refractivity contribution is 14.1. The number of carbonyl (C=O) groups excluding carboxylic acids is 3.